The summed E-state index contributed by atoms with van der Waals surface area (Å²) in [6.45, 7) is 6.95. The summed E-state index contributed by atoms with van der Waals surface area (Å²) in [7, 11) is 0. The van der Waals surface area contributed by atoms with Crippen LogP contribution in [0.2, 0.25) is 0 Å². The fourth-order valence-corrected chi connectivity index (χ4v) is 9.79. The van der Waals surface area contributed by atoms with E-state index in [1.165, 1.54) is 21.7 Å². The van der Waals surface area contributed by atoms with Crippen LogP contribution in [0.25, 0.3) is 0 Å². The predicted octanol–water partition coefficient (Wildman–Crippen LogP) is 6.15. The number of hydrogen-bond donors (Lipinski definition) is 0. The van der Waals surface area contributed by atoms with Crippen LogP contribution in [0.3, 0.4) is 0 Å². The number of carbonyl (C=O) groups is 1. The van der Waals surface area contributed by atoms with Gasteiger partial charge in [0.2, 0.25) is 0 Å². The third-order valence-electron chi connectivity index (χ3n) is 6.02. The Morgan fingerprint density at radius 3 is 2.38 bits per heavy atom. The van der Waals surface area contributed by atoms with Crippen molar-refractivity contribution < 1.29 is 9.53 Å². The first kappa shape index (κ1) is 21.4. The number of allylic oxidation sites excluding steroid dienone is 9. The van der Waals surface area contributed by atoms with Crippen molar-refractivity contribution in [3.63, 3.8) is 0 Å². The summed E-state index contributed by atoms with van der Waals surface area (Å²) in [6, 6.07) is 10.8. The lowest BCUT2D eigenvalue weighted by molar-refractivity contribution is -0.137. The van der Waals surface area contributed by atoms with Gasteiger partial charge >= 0.3 is 5.97 Å². The molecule has 0 amide bonds. The summed E-state index contributed by atoms with van der Waals surface area (Å²) in [5.74, 6) is -0.248. The quantitative estimate of drug-likeness (QED) is 0.308. The van der Waals surface area contributed by atoms with Gasteiger partial charge < -0.3 is 4.74 Å². The zero-order valence-corrected chi connectivity index (χ0v) is 18.8. The normalized spacial score (nSPS) is 18.8. The van der Waals surface area contributed by atoms with Crippen molar-refractivity contribution in [2.24, 2.45) is 0 Å². The minimum Gasteiger partial charge on any atom is -0.463 e. The molecule has 0 aromatic heterocycles. The topological polar surface area (TPSA) is 26.3 Å². The molecule has 0 heterocycles. The number of hydrogen-bond acceptors (Lipinski definition) is 2. The highest BCUT2D eigenvalue weighted by atomic mass is 31.2. The van der Waals surface area contributed by atoms with Crippen molar-refractivity contribution in [2.75, 3.05) is 6.61 Å². The van der Waals surface area contributed by atoms with Crippen molar-refractivity contribution in [2.45, 2.75) is 46.2 Å². The van der Waals surface area contributed by atoms with Crippen molar-refractivity contribution in [1.82, 2.24) is 0 Å². The summed E-state index contributed by atoms with van der Waals surface area (Å²) >= 11 is 0. The van der Waals surface area contributed by atoms with E-state index in [4.69, 9.17) is 4.74 Å². The highest BCUT2D eigenvalue weighted by Gasteiger charge is 2.35. The number of rotatable bonds is 7. The lowest BCUT2D eigenvalue weighted by Crippen LogP contribution is -2.24. The minimum absolute atomic E-state index is 0.248. The molecule has 1 aromatic carbocycles. The molecular formula is C26H31O2P. The lowest BCUT2D eigenvalue weighted by atomic mass is 10.2. The van der Waals surface area contributed by atoms with E-state index in [1.807, 2.05) is 6.92 Å². The van der Waals surface area contributed by atoms with Gasteiger partial charge in [0.05, 0.1) is 6.61 Å². The highest BCUT2D eigenvalue weighted by Crippen LogP contribution is 2.63. The van der Waals surface area contributed by atoms with Gasteiger partial charge in [0.15, 0.2) is 0 Å². The van der Waals surface area contributed by atoms with E-state index in [-0.39, 0.29) is 5.97 Å². The molecule has 3 heteroatoms. The van der Waals surface area contributed by atoms with Crippen LogP contribution in [0, 0.1) is 0 Å². The molecule has 1 aromatic rings. The van der Waals surface area contributed by atoms with Gasteiger partial charge in [0.1, 0.15) is 0 Å². The molecule has 0 saturated heterocycles. The molecule has 0 N–H and O–H groups in total. The van der Waals surface area contributed by atoms with Gasteiger partial charge in [0.25, 0.3) is 0 Å². The molecule has 2 aliphatic rings. The molecule has 0 radical (unpaired) electrons. The first-order chi connectivity index (χ1) is 14.0. The Balaban J connectivity index is 2.33. The van der Waals surface area contributed by atoms with Gasteiger partial charge in [0, 0.05) is 11.7 Å². The largest absolute Gasteiger partial charge is 0.463 e. The molecule has 152 valence electrons. The molecule has 0 bridgehead atoms. The molecule has 0 spiro atoms. The van der Waals surface area contributed by atoms with Crippen LogP contribution in [0.1, 0.15) is 40.5 Å². The van der Waals surface area contributed by atoms with E-state index in [0.29, 0.717) is 12.3 Å². The van der Waals surface area contributed by atoms with Gasteiger partial charge in [-0.25, -0.2) is 4.79 Å². The molecule has 2 atom stereocenters. The smallest absolute Gasteiger partial charge is 0.331 e. The van der Waals surface area contributed by atoms with E-state index in [0.717, 1.165) is 18.2 Å². The van der Waals surface area contributed by atoms with Gasteiger partial charge in [-0.1, -0.05) is 79.3 Å². The Bertz CT molecular complexity index is 971. The summed E-state index contributed by atoms with van der Waals surface area (Å²) in [4.78, 5) is 12.5. The maximum Gasteiger partial charge on any atom is 0.331 e. The van der Waals surface area contributed by atoms with E-state index in [1.54, 1.807) is 6.08 Å². The third kappa shape index (κ3) is 4.19. The van der Waals surface area contributed by atoms with Gasteiger partial charge in [-0.2, -0.15) is 0 Å². The Morgan fingerprint density at radius 2 is 1.79 bits per heavy atom. The monoisotopic (exact) mass is 406 g/mol. The van der Waals surface area contributed by atoms with Gasteiger partial charge in [-0.05, 0) is 62.0 Å². The molecule has 0 fully saturated rings. The standard InChI is InChI=1S/C26H31O2P/c1-5-28-26(27)19-20(2)29(25-17-7-6-8-18-25,21(3)23-13-9-10-14-23)22(4)24-15-11-12-16-24/h6-13,15,17-19,21H,5,14,16H2,1-4H3/t21-,29+/m1/s1. The number of esters is 1. The zero-order chi connectivity index (χ0) is 20.9. The molecule has 29 heavy (non-hydrogen) atoms. The Morgan fingerprint density at radius 1 is 1.10 bits per heavy atom. The van der Waals surface area contributed by atoms with Crippen LogP contribution in [0.5, 0.6) is 0 Å². The van der Waals surface area contributed by atoms with Gasteiger partial charge in [-0.15, -0.1) is 0 Å². The van der Waals surface area contributed by atoms with Crippen molar-refractivity contribution in [3.8, 4) is 0 Å². The fraction of sp³-hybridized carbons (Fsp3) is 0.308. The van der Waals surface area contributed by atoms with E-state index >= 15 is 0 Å². The molecule has 0 unspecified atom stereocenters. The summed E-state index contributed by atoms with van der Waals surface area (Å²) in [5, 5.41) is 3.86. The van der Waals surface area contributed by atoms with Crippen LogP contribution in [-0.2, 0) is 9.53 Å². The second-order valence-corrected chi connectivity index (χ2v) is 11.7. The van der Waals surface area contributed by atoms with Crippen LogP contribution in [-0.4, -0.2) is 23.5 Å². The van der Waals surface area contributed by atoms with E-state index in [9.17, 15) is 4.79 Å². The van der Waals surface area contributed by atoms with E-state index < -0.39 is 6.89 Å². The third-order valence-corrected chi connectivity index (χ3v) is 11.2. The molecule has 0 aliphatic heterocycles. The summed E-state index contributed by atoms with van der Waals surface area (Å²) in [5.41, 5.74) is 3.12. The van der Waals surface area contributed by atoms with Crippen molar-refractivity contribution in [3.05, 3.63) is 89.3 Å². The molecular weight excluding hydrogens is 375 g/mol. The number of carbonyl (C=O) groups excluding carboxylic acids is 1. The van der Waals surface area contributed by atoms with Crippen LogP contribution in [0.4, 0.5) is 0 Å². The molecule has 3 rings (SSSR count). The summed E-state index contributed by atoms with van der Waals surface area (Å²) in [6.07, 6.45) is 16.9. The molecule has 2 aliphatic carbocycles. The number of benzene rings is 1. The minimum atomic E-state index is -2.04. The zero-order valence-electron chi connectivity index (χ0n) is 17.9. The van der Waals surface area contributed by atoms with Crippen molar-refractivity contribution >= 4 is 23.5 Å². The maximum atomic E-state index is 12.5. The first-order valence-corrected chi connectivity index (χ1v) is 12.2. The second-order valence-electron chi connectivity index (χ2n) is 7.56. The Labute approximate surface area is 175 Å². The summed E-state index contributed by atoms with van der Waals surface area (Å²) < 4.78 is 5.29. The SMILES string of the molecule is CCOC(=O)C=C(C)[P@](=C(C)C1=CC=CC1)(c1ccccc1)[C@H](C)C1=CC=CC1. The van der Waals surface area contributed by atoms with Crippen LogP contribution in [0.15, 0.2) is 89.3 Å². The average Bonchev–Trinajstić information content (AvgIpc) is 3.43. The maximum absolute atomic E-state index is 12.5. The van der Waals surface area contributed by atoms with Gasteiger partial charge in [-0.3, -0.25) is 0 Å². The fourth-order valence-electron chi connectivity index (χ4n) is 4.57. The second kappa shape index (κ2) is 9.46. The molecule has 2 nitrogen and oxygen atoms in total. The Hall–Kier alpha value is -2.31. The van der Waals surface area contributed by atoms with Crippen LogP contribution >= 0.6 is 6.89 Å². The molecule has 0 saturated carbocycles. The highest BCUT2D eigenvalue weighted by molar-refractivity contribution is 7.87. The number of ether oxygens (including phenoxy) is 1. The first-order valence-electron chi connectivity index (χ1n) is 10.4. The van der Waals surface area contributed by atoms with E-state index in [2.05, 4.69) is 87.6 Å². The predicted molar refractivity (Wildman–Crippen MR) is 127 cm³/mol. The Kier molecular flexibility index (Phi) is 6.98. The average molecular weight is 407 g/mol. The van der Waals surface area contributed by atoms with Crippen molar-refractivity contribution in [1.29, 1.82) is 0 Å². The lowest BCUT2D eigenvalue weighted by Gasteiger charge is -2.38. The van der Waals surface area contributed by atoms with Crippen LogP contribution < -0.4 is 5.30 Å².